The Balaban J connectivity index is 1.98. The Morgan fingerprint density at radius 2 is 1.96 bits per heavy atom. The van der Waals surface area contributed by atoms with Crippen molar-refractivity contribution in [2.75, 3.05) is 12.9 Å². The van der Waals surface area contributed by atoms with Crippen LogP contribution in [0.15, 0.2) is 40.2 Å². The fourth-order valence-electron chi connectivity index (χ4n) is 2.31. The molecule has 1 aromatic carbocycles. The number of H-pyrrole nitrogens is 1. The van der Waals surface area contributed by atoms with Gasteiger partial charge in [-0.15, -0.1) is 0 Å². The van der Waals surface area contributed by atoms with E-state index in [1.165, 1.54) is 20.1 Å². The monoisotopic (exact) mass is 386 g/mol. The first-order chi connectivity index (χ1) is 12.8. The van der Waals surface area contributed by atoms with Gasteiger partial charge < -0.3 is 14.5 Å². The Bertz CT molecular complexity index is 944. The maximum atomic E-state index is 12.3. The number of carbonyl (C=O) groups is 2. The highest BCUT2D eigenvalue weighted by atomic mass is 32.2. The van der Waals surface area contributed by atoms with E-state index >= 15 is 0 Å². The van der Waals surface area contributed by atoms with E-state index < -0.39 is 12.1 Å². The number of rotatable bonds is 7. The number of nitrogens with zero attached hydrogens (tertiary/aromatic N) is 1. The molecule has 27 heavy (non-hydrogen) atoms. The zero-order valence-corrected chi connectivity index (χ0v) is 15.9. The number of benzene rings is 1. The van der Waals surface area contributed by atoms with Crippen LogP contribution in [-0.4, -0.2) is 35.7 Å². The number of nitrogens with one attached hydrogen (secondary N) is 1. The minimum Gasteiger partial charge on any atom is -0.497 e. The third-order valence-electron chi connectivity index (χ3n) is 3.70. The van der Waals surface area contributed by atoms with Gasteiger partial charge in [0.1, 0.15) is 11.8 Å². The molecule has 1 atom stereocenters. The maximum absolute atomic E-state index is 12.3. The number of Topliss-reactive ketones (excluding diaryl/α,β-unsaturated/α-hetero) is 1. The van der Waals surface area contributed by atoms with E-state index in [1.54, 1.807) is 31.2 Å². The van der Waals surface area contributed by atoms with Crippen LogP contribution in [-0.2, 0) is 9.53 Å². The zero-order valence-electron chi connectivity index (χ0n) is 15.1. The summed E-state index contributed by atoms with van der Waals surface area (Å²) in [6.45, 7) is 3.14. The van der Waals surface area contributed by atoms with Crippen LogP contribution >= 0.6 is 11.8 Å². The van der Waals surface area contributed by atoms with Gasteiger partial charge in [-0.3, -0.25) is 14.4 Å². The average Bonchev–Trinajstić information content (AvgIpc) is 2.65. The summed E-state index contributed by atoms with van der Waals surface area (Å²) in [5.74, 6) is -0.486. The van der Waals surface area contributed by atoms with Gasteiger partial charge in [-0.25, -0.2) is 0 Å². The van der Waals surface area contributed by atoms with Gasteiger partial charge in [0, 0.05) is 11.6 Å². The van der Waals surface area contributed by atoms with Crippen LogP contribution in [0.5, 0.6) is 5.75 Å². The SMILES string of the molecule is COc1ccc(C(=O)[C@H](C)OC(=O)CSc2[nH]c(=O)cc(C)c2C#N)cc1. The standard InChI is InChI=1S/C19H18N2O5S/c1-11-8-16(22)21-19(15(11)9-20)27-10-17(23)26-12(2)18(24)13-4-6-14(25-3)7-5-13/h4-8,12H,10H2,1-3H3,(H,21,22)/t12-/m0/s1. The van der Waals surface area contributed by atoms with Gasteiger partial charge in [0.2, 0.25) is 11.3 Å². The smallest absolute Gasteiger partial charge is 0.317 e. The van der Waals surface area contributed by atoms with E-state index in [0.29, 0.717) is 27.5 Å². The lowest BCUT2D eigenvalue weighted by atomic mass is 10.1. The Morgan fingerprint density at radius 1 is 1.30 bits per heavy atom. The molecule has 1 aromatic heterocycles. The molecule has 0 aliphatic carbocycles. The number of hydrogen-bond acceptors (Lipinski definition) is 7. The fraction of sp³-hybridized carbons (Fsp3) is 0.263. The minimum atomic E-state index is -0.960. The molecule has 1 heterocycles. The van der Waals surface area contributed by atoms with Gasteiger partial charge in [-0.1, -0.05) is 11.8 Å². The van der Waals surface area contributed by atoms with E-state index in [2.05, 4.69) is 4.98 Å². The molecule has 0 bridgehead atoms. The van der Waals surface area contributed by atoms with E-state index in [-0.39, 0.29) is 17.1 Å². The molecule has 7 nitrogen and oxygen atoms in total. The number of ether oxygens (including phenoxy) is 2. The largest absolute Gasteiger partial charge is 0.497 e. The molecular weight excluding hydrogens is 368 g/mol. The minimum absolute atomic E-state index is 0.145. The molecule has 0 unspecified atom stereocenters. The quantitative estimate of drug-likeness (QED) is 0.442. The zero-order chi connectivity index (χ0) is 20.0. The van der Waals surface area contributed by atoms with Gasteiger partial charge >= 0.3 is 5.97 Å². The van der Waals surface area contributed by atoms with Crippen molar-refractivity contribution in [2.45, 2.75) is 25.0 Å². The summed E-state index contributed by atoms with van der Waals surface area (Å²) in [4.78, 5) is 38.5. The van der Waals surface area contributed by atoms with Crippen LogP contribution in [0, 0.1) is 18.3 Å². The number of aromatic amines is 1. The molecule has 140 valence electrons. The van der Waals surface area contributed by atoms with Crippen molar-refractivity contribution in [3.05, 3.63) is 57.4 Å². The summed E-state index contributed by atoms with van der Waals surface area (Å²) in [5.41, 5.74) is 0.874. The average molecular weight is 386 g/mol. The first-order valence-electron chi connectivity index (χ1n) is 8.00. The van der Waals surface area contributed by atoms with Crippen molar-refractivity contribution >= 4 is 23.5 Å². The third-order valence-corrected chi connectivity index (χ3v) is 4.68. The van der Waals surface area contributed by atoms with Crippen molar-refractivity contribution in [2.24, 2.45) is 0 Å². The number of carbonyl (C=O) groups excluding carboxylic acids is 2. The highest BCUT2D eigenvalue weighted by molar-refractivity contribution is 7.99. The second kappa shape index (κ2) is 9.05. The van der Waals surface area contributed by atoms with Crippen LogP contribution in [0.3, 0.4) is 0 Å². The van der Waals surface area contributed by atoms with Crippen LogP contribution in [0.1, 0.15) is 28.4 Å². The topological polar surface area (TPSA) is 109 Å². The van der Waals surface area contributed by atoms with Gasteiger partial charge in [-0.2, -0.15) is 5.26 Å². The molecule has 0 spiro atoms. The van der Waals surface area contributed by atoms with Gasteiger partial charge in [0.25, 0.3) is 0 Å². The fourth-order valence-corrected chi connectivity index (χ4v) is 3.17. The van der Waals surface area contributed by atoms with E-state index in [4.69, 9.17) is 9.47 Å². The molecule has 0 amide bonds. The number of pyridine rings is 1. The highest BCUT2D eigenvalue weighted by Crippen LogP contribution is 2.21. The number of ketones is 1. The second-order valence-corrected chi connectivity index (χ2v) is 6.63. The van der Waals surface area contributed by atoms with E-state index in [1.807, 2.05) is 6.07 Å². The summed E-state index contributed by atoms with van der Waals surface area (Å²) < 4.78 is 10.2. The van der Waals surface area contributed by atoms with Gasteiger partial charge in [-0.05, 0) is 43.7 Å². The first-order valence-corrected chi connectivity index (χ1v) is 8.98. The van der Waals surface area contributed by atoms with Crippen molar-refractivity contribution in [3.63, 3.8) is 0 Å². The van der Waals surface area contributed by atoms with Crippen LogP contribution in [0.25, 0.3) is 0 Å². The molecular formula is C19H18N2O5S. The molecule has 0 aliphatic heterocycles. The van der Waals surface area contributed by atoms with Crippen LogP contribution < -0.4 is 10.3 Å². The summed E-state index contributed by atoms with van der Waals surface area (Å²) in [6.07, 6.45) is -0.960. The molecule has 2 rings (SSSR count). The van der Waals surface area contributed by atoms with Crippen LogP contribution in [0.4, 0.5) is 0 Å². The Morgan fingerprint density at radius 3 is 2.56 bits per heavy atom. The summed E-state index contributed by atoms with van der Waals surface area (Å²) in [6, 6.07) is 9.80. The van der Waals surface area contributed by atoms with E-state index in [0.717, 1.165) is 11.8 Å². The summed E-state index contributed by atoms with van der Waals surface area (Å²) in [7, 11) is 1.53. The number of esters is 1. The Labute approximate surface area is 160 Å². The molecule has 0 fully saturated rings. The lowest BCUT2D eigenvalue weighted by Crippen LogP contribution is -2.25. The normalized spacial score (nSPS) is 11.3. The molecule has 2 aromatic rings. The highest BCUT2D eigenvalue weighted by Gasteiger charge is 2.20. The summed E-state index contributed by atoms with van der Waals surface area (Å²) in [5, 5.41) is 9.48. The molecule has 8 heteroatoms. The molecule has 1 N–H and O–H groups in total. The van der Waals surface area contributed by atoms with Crippen molar-refractivity contribution in [1.82, 2.24) is 4.98 Å². The van der Waals surface area contributed by atoms with Crippen molar-refractivity contribution in [1.29, 1.82) is 5.26 Å². The molecule has 0 aliphatic rings. The lowest BCUT2D eigenvalue weighted by molar-refractivity contribution is -0.143. The second-order valence-electron chi connectivity index (χ2n) is 5.65. The number of nitriles is 1. The number of thioether (sulfide) groups is 1. The Kier molecular flexibility index (Phi) is 6.79. The molecule has 0 radical (unpaired) electrons. The molecule has 0 saturated heterocycles. The predicted molar refractivity (Wildman–Crippen MR) is 100 cm³/mol. The number of aryl methyl sites for hydroxylation is 1. The number of hydrogen-bond donors (Lipinski definition) is 1. The third kappa shape index (κ3) is 5.21. The van der Waals surface area contributed by atoms with E-state index in [9.17, 15) is 19.6 Å². The molecule has 0 saturated carbocycles. The lowest BCUT2D eigenvalue weighted by Gasteiger charge is -2.13. The summed E-state index contributed by atoms with van der Waals surface area (Å²) >= 11 is 0.982. The predicted octanol–water partition coefficient (Wildman–Crippen LogP) is 2.47. The number of aromatic nitrogens is 1. The maximum Gasteiger partial charge on any atom is 0.317 e. The van der Waals surface area contributed by atoms with Gasteiger partial charge in [0.15, 0.2) is 6.10 Å². The number of methoxy groups -OCH3 is 1. The first kappa shape index (κ1) is 20.3. The van der Waals surface area contributed by atoms with Crippen molar-refractivity contribution in [3.8, 4) is 11.8 Å². The van der Waals surface area contributed by atoms with Crippen molar-refractivity contribution < 1.29 is 19.1 Å². The van der Waals surface area contributed by atoms with Gasteiger partial charge in [0.05, 0.1) is 23.5 Å². The Hall–Kier alpha value is -3.05. The van der Waals surface area contributed by atoms with Crippen LogP contribution in [0.2, 0.25) is 0 Å².